The quantitative estimate of drug-likeness (QED) is 0.390. The van der Waals surface area contributed by atoms with Gasteiger partial charge >= 0.3 is 5.97 Å². The Labute approximate surface area is 206 Å². The third kappa shape index (κ3) is 5.59. The van der Waals surface area contributed by atoms with E-state index in [1.807, 2.05) is 25.1 Å². The van der Waals surface area contributed by atoms with Gasteiger partial charge in [-0.25, -0.2) is 9.80 Å². The number of esters is 1. The average molecular weight is 475 g/mol. The number of allylic oxidation sites excluding steroid dienone is 1. The molecule has 2 aromatic carbocycles. The van der Waals surface area contributed by atoms with Gasteiger partial charge in [-0.1, -0.05) is 75.2 Å². The minimum Gasteiger partial charge on any atom is -0.463 e. The Balaban J connectivity index is 1.61. The van der Waals surface area contributed by atoms with Crippen LogP contribution in [0.15, 0.2) is 59.8 Å². The second kappa shape index (κ2) is 11.8. The Morgan fingerprint density at radius 2 is 1.80 bits per heavy atom. The van der Waals surface area contributed by atoms with E-state index < -0.39 is 0 Å². The number of carbonyl (C=O) groups is 1. The van der Waals surface area contributed by atoms with Crippen LogP contribution in [-0.4, -0.2) is 50.8 Å². The van der Waals surface area contributed by atoms with Crippen LogP contribution in [0.2, 0.25) is 0 Å². The summed E-state index contributed by atoms with van der Waals surface area (Å²) in [4.78, 5) is 13.0. The monoisotopic (exact) mass is 474 g/mol. The van der Waals surface area contributed by atoms with Crippen LogP contribution in [0.3, 0.4) is 0 Å². The number of hydrogen-bond acceptors (Lipinski definition) is 7. The lowest BCUT2D eigenvalue weighted by Crippen LogP contribution is -2.42. The molecule has 1 unspecified atom stereocenters. The van der Waals surface area contributed by atoms with Crippen molar-refractivity contribution in [3.05, 3.63) is 65.4 Å². The van der Waals surface area contributed by atoms with Crippen LogP contribution in [0, 0.1) is 0 Å². The fourth-order valence-corrected chi connectivity index (χ4v) is 4.58. The maximum absolute atomic E-state index is 13.0. The molecular formula is C27H34N6O2. The highest BCUT2D eigenvalue weighted by Crippen LogP contribution is 2.31. The van der Waals surface area contributed by atoms with Crippen molar-refractivity contribution in [2.75, 3.05) is 13.2 Å². The van der Waals surface area contributed by atoms with Gasteiger partial charge in [-0.15, -0.1) is 10.2 Å². The van der Waals surface area contributed by atoms with Gasteiger partial charge in [-0.05, 0) is 48.1 Å². The van der Waals surface area contributed by atoms with Gasteiger partial charge in [0.2, 0.25) is 5.82 Å². The zero-order valence-corrected chi connectivity index (χ0v) is 20.8. The predicted molar refractivity (Wildman–Crippen MR) is 136 cm³/mol. The van der Waals surface area contributed by atoms with Crippen molar-refractivity contribution in [2.24, 2.45) is 0 Å². The molecule has 0 saturated carbocycles. The Hall–Kier alpha value is -3.52. The van der Waals surface area contributed by atoms with Gasteiger partial charge in [-0.2, -0.15) is 5.21 Å². The summed E-state index contributed by atoms with van der Waals surface area (Å²) in [7, 11) is 0. The number of carbonyl (C=O) groups excluding carboxylic acids is 1. The number of H-pyrrole nitrogens is 1. The summed E-state index contributed by atoms with van der Waals surface area (Å²) >= 11 is 0. The van der Waals surface area contributed by atoms with E-state index >= 15 is 0 Å². The van der Waals surface area contributed by atoms with Gasteiger partial charge in [0.05, 0.1) is 18.2 Å². The molecule has 0 radical (unpaired) electrons. The number of aromatic amines is 1. The predicted octanol–water partition coefficient (Wildman–Crippen LogP) is 4.68. The zero-order valence-electron chi connectivity index (χ0n) is 20.8. The molecule has 0 amide bonds. The number of rotatable bonds is 11. The third-order valence-electron chi connectivity index (χ3n) is 6.27. The SMILES string of the molecule is CCCCN1NC(CCC)=C(C(=O)OCC)C1Cc1ccc(-c2ccccc2-c2nn[nH]n2)cc1. The van der Waals surface area contributed by atoms with Crippen molar-refractivity contribution in [2.45, 2.75) is 58.9 Å². The Morgan fingerprint density at radius 3 is 2.46 bits per heavy atom. The standard InChI is InChI=1S/C27H34N6O2/c1-4-7-17-33-24(25(27(34)35-6-3)23(30-33)10-5-2)18-19-13-15-20(16-14-19)21-11-8-9-12-22(21)26-28-31-32-29-26/h8-9,11-16,24,30H,4-7,10,17-18H2,1-3H3,(H,28,29,31,32). The van der Waals surface area contributed by atoms with Crippen molar-refractivity contribution in [1.29, 1.82) is 0 Å². The molecule has 0 saturated heterocycles. The van der Waals surface area contributed by atoms with Gasteiger partial charge in [0.1, 0.15) is 0 Å². The van der Waals surface area contributed by atoms with Gasteiger partial charge in [-0.3, -0.25) is 0 Å². The molecule has 1 atom stereocenters. The highest BCUT2D eigenvalue weighted by atomic mass is 16.5. The molecule has 1 aliphatic rings. The first-order valence-electron chi connectivity index (χ1n) is 12.5. The van der Waals surface area contributed by atoms with Crippen LogP contribution in [-0.2, 0) is 16.0 Å². The molecule has 2 heterocycles. The molecule has 35 heavy (non-hydrogen) atoms. The fraction of sp³-hybridized carbons (Fsp3) is 0.407. The van der Waals surface area contributed by atoms with Crippen LogP contribution in [0.25, 0.3) is 22.5 Å². The number of nitrogens with zero attached hydrogens (tertiary/aromatic N) is 4. The summed E-state index contributed by atoms with van der Waals surface area (Å²) in [6, 6.07) is 16.5. The Bertz CT molecular complexity index is 1140. The largest absolute Gasteiger partial charge is 0.463 e. The van der Waals surface area contributed by atoms with Crippen molar-refractivity contribution < 1.29 is 9.53 Å². The first kappa shape index (κ1) is 24.6. The first-order chi connectivity index (χ1) is 17.2. The van der Waals surface area contributed by atoms with Crippen LogP contribution in [0.1, 0.15) is 52.0 Å². The highest BCUT2D eigenvalue weighted by Gasteiger charge is 2.36. The molecule has 0 spiro atoms. The smallest absolute Gasteiger partial charge is 0.337 e. The average Bonchev–Trinajstić information content (AvgIpc) is 3.52. The van der Waals surface area contributed by atoms with Crippen molar-refractivity contribution >= 4 is 5.97 Å². The molecule has 1 aliphatic heterocycles. The number of benzene rings is 2. The van der Waals surface area contributed by atoms with Crippen LogP contribution in [0.5, 0.6) is 0 Å². The van der Waals surface area contributed by atoms with E-state index in [9.17, 15) is 4.79 Å². The summed E-state index contributed by atoms with van der Waals surface area (Å²) in [5, 5.41) is 16.7. The number of nitrogens with one attached hydrogen (secondary N) is 2. The molecule has 8 heteroatoms. The zero-order chi connectivity index (χ0) is 24.6. The van der Waals surface area contributed by atoms with Crippen LogP contribution >= 0.6 is 0 Å². The maximum atomic E-state index is 13.0. The second-order valence-electron chi connectivity index (χ2n) is 8.72. The lowest BCUT2D eigenvalue weighted by atomic mass is 9.94. The third-order valence-corrected chi connectivity index (χ3v) is 6.27. The summed E-state index contributed by atoms with van der Waals surface area (Å²) < 4.78 is 5.47. The molecule has 0 aliphatic carbocycles. The number of hydrazine groups is 1. The van der Waals surface area contributed by atoms with Crippen molar-refractivity contribution in [3.63, 3.8) is 0 Å². The molecular weight excluding hydrogens is 440 g/mol. The molecule has 0 bridgehead atoms. The summed E-state index contributed by atoms with van der Waals surface area (Å²) in [6.45, 7) is 7.43. The number of tetrazole rings is 1. The second-order valence-corrected chi connectivity index (χ2v) is 8.72. The summed E-state index contributed by atoms with van der Waals surface area (Å²) in [6.07, 6.45) is 4.68. The van der Waals surface area contributed by atoms with Crippen LogP contribution < -0.4 is 5.43 Å². The normalized spacial score (nSPS) is 15.9. The minimum absolute atomic E-state index is 0.0559. The van der Waals surface area contributed by atoms with Gasteiger partial charge < -0.3 is 10.2 Å². The fourth-order valence-electron chi connectivity index (χ4n) is 4.58. The van der Waals surface area contributed by atoms with Gasteiger partial charge in [0, 0.05) is 17.8 Å². The van der Waals surface area contributed by atoms with Crippen molar-refractivity contribution in [1.82, 2.24) is 31.1 Å². The molecule has 3 aromatic rings. The molecule has 1 aromatic heterocycles. The molecule has 0 fully saturated rings. The van der Waals surface area contributed by atoms with Gasteiger partial charge in [0.15, 0.2) is 0 Å². The van der Waals surface area contributed by atoms with Crippen LogP contribution in [0.4, 0.5) is 0 Å². The first-order valence-corrected chi connectivity index (χ1v) is 12.5. The number of unbranched alkanes of at least 4 members (excludes halogenated alkanes) is 1. The topological polar surface area (TPSA) is 96.0 Å². The highest BCUT2D eigenvalue weighted by molar-refractivity contribution is 5.91. The molecule has 184 valence electrons. The molecule has 8 nitrogen and oxygen atoms in total. The van der Waals surface area contributed by atoms with E-state index in [1.165, 1.54) is 5.56 Å². The van der Waals surface area contributed by atoms with E-state index in [0.717, 1.165) is 66.6 Å². The number of aromatic nitrogens is 4. The van der Waals surface area contributed by atoms with Crippen molar-refractivity contribution in [3.8, 4) is 22.5 Å². The minimum atomic E-state index is -0.210. The van der Waals surface area contributed by atoms with E-state index in [0.29, 0.717) is 12.4 Å². The number of ether oxygens (including phenoxy) is 1. The number of hydrogen-bond donors (Lipinski definition) is 2. The maximum Gasteiger partial charge on any atom is 0.337 e. The summed E-state index contributed by atoms with van der Waals surface area (Å²) in [5.74, 6) is 0.360. The molecule has 2 N–H and O–H groups in total. The lowest BCUT2D eigenvalue weighted by molar-refractivity contribution is -0.139. The van der Waals surface area contributed by atoms with E-state index in [1.54, 1.807) is 0 Å². The Kier molecular flexibility index (Phi) is 8.26. The Morgan fingerprint density at radius 1 is 1.03 bits per heavy atom. The van der Waals surface area contributed by atoms with E-state index in [4.69, 9.17) is 4.74 Å². The van der Waals surface area contributed by atoms with Gasteiger partial charge in [0.25, 0.3) is 0 Å². The lowest BCUT2D eigenvalue weighted by Gasteiger charge is -2.26. The molecule has 4 rings (SSSR count). The van der Waals surface area contributed by atoms with E-state index in [-0.39, 0.29) is 12.0 Å². The van der Waals surface area contributed by atoms with E-state index in [2.05, 4.69) is 75.2 Å². The summed E-state index contributed by atoms with van der Waals surface area (Å²) in [5.41, 5.74) is 9.53.